The first-order valence-corrected chi connectivity index (χ1v) is 9.39. The molecule has 2 heterocycles. The minimum atomic E-state index is 0. The number of aromatic nitrogens is 2. The van der Waals surface area contributed by atoms with Crippen LogP contribution in [0.2, 0.25) is 10.0 Å². The van der Waals surface area contributed by atoms with Gasteiger partial charge in [-0.25, -0.2) is 4.68 Å². The van der Waals surface area contributed by atoms with Gasteiger partial charge in [-0.2, -0.15) is 5.10 Å². The Kier molecular flexibility index (Phi) is 5.82. The van der Waals surface area contributed by atoms with E-state index >= 15 is 0 Å². The number of hydrogen-bond donors (Lipinski definition) is 1. The van der Waals surface area contributed by atoms with Gasteiger partial charge in [0.15, 0.2) is 5.69 Å². The molecule has 5 nitrogen and oxygen atoms in total. The SMILES string of the molecule is CC1CNCCN1C(=O)c1nn(-c2ccc(Cl)cc2Cl)c2c1CCC2.Cl. The van der Waals surface area contributed by atoms with Crippen LogP contribution in [0.4, 0.5) is 0 Å². The molecule has 1 saturated heterocycles. The molecule has 1 aromatic heterocycles. The maximum Gasteiger partial charge on any atom is 0.274 e. The molecule has 1 aromatic carbocycles. The second kappa shape index (κ2) is 7.77. The van der Waals surface area contributed by atoms with Crippen LogP contribution in [-0.2, 0) is 12.8 Å². The number of nitrogens with one attached hydrogen (secondary N) is 1. The molecule has 0 spiro atoms. The van der Waals surface area contributed by atoms with Crippen LogP contribution in [0.1, 0.15) is 35.1 Å². The van der Waals surface area contributed by atoms with E-state index in [1.165, 1.54) is 0 Å². The number of halogens is 3. The minimum absolute atomic E-state index is 0. The Morgan fingerprint density at radius 3 is 2.85 bits per heavy atom. The first kappa shape index (κ1) is 19.5. The number of hydrogen-bond acceptors (Lipinski definition) is 3. The first-order chi connectivity index (χ1) is 12.1. The number of carbonyl (C=O) groups excluding carboxylic acids is 1. The fourth-order valence-corrected chi connectivity index (χ4v) is 4.23. The lowest BCUT2D eigenvalue weighted by Crippen LogP contribution is -2.52. The lowest BCUT2D eigenvalue weighted by atomic mass is 10.1. The fourth-order valence-electron chi connectivity index (χ4n) is 3.74. The van der Waals surface area contributed by atoms with Gasteiger partial charge in [0.25, 0.3) is 5.91 Å². The smallest absolute Gasteiger partial charge is 0.274 e. The highest BCUT2D eigenvalue weighted by atomic mass is 35.5. The van der Waals surface area contributed by atoms with Gasteiger partial charge >= 0.3 is 0 Å². The predicted molar refractivity (Wildman–Crippen MR) is 106 cm³/mol. The van der Waals surface area contributed by atoms with E-state index in [-0.39, 0.29) is 24.4 Å². The summed E-state index contributed by atoms with van der Waals surface area (Å²) < 4.78 is 1.83. The number of amides is 1. The van der Waals surface area contributed by atoms with Crippen LogP contribution >= 0.6 is 35.6 Å². The quantitative estimate of drug-likeness (QED) is 0.816. The summed E-state index contributed by atoms with van der Waals surface area (Å²) >= 11 is 12.4. The molecule has 0 radical (unpaired) electrons. The molecule has 1 amide bonds. The molecule has 26 heavy (non-hydrogen) atoms. The van der Waals surface area contributed by atoms with Crippen LogP contribution in [0, 0.1) is 0 Å². The molecule has 1 aliphatic carbocycles. The Labute approximate surface area is 169 Å². The zero-order chi connectivity index (χ0) is 17.6. The van der Waals surface area contributed by atoms with Crippen molar-refractivity contribution in [2.24, 2.45) is 0 Å². The van der Waals surface area contributed by atoms with Crippen molar-refractivity contribution in [3.8, 4) is 5.69 Å². The number of nitrogens with zero attached hydrogens (tertiary/aromatic N) is 3. The molecule has 1 aliphatic heterocycles. The van der Waals surface area contributed by atoms with Gasteiger partial charge in [0.05, 0.1) is 10.7 Å². The number of fused-ring (bicyclic) bond motifs is 1. The maximum absolute atomic E-state index is 13.1. The molecule has 1 fully saturated rings. The van der Waals surface area contributed by atoms with Crippen LogP contribution in [0.3, 0.4) is 0 Å². The molecular formula is C18H21Cl3N4O. The molecule has 0 saturated carbocycles. The summed E-state index contributed by atoms with van der Waals surface area (Å²) in [7, 11) is 0. The Morgan fingerprint density at radius 1 is 1.31 bits per heavy atom. The zero-order valence-electron chi connectivity index (χ0n) is 14.5. The van der Waals surface area contributed by atoms with E-state index in [1.807, 2.05) is 15.6 Å². The number of piperazine rings is 1. The molecule has 1 N–H and O–H groups in total. The van der Waals surface area contributed by atoms with E-state index in [1.54, 1.807) is 12.1 Å². The van der Waals surface area contributed by atoms with E-state index in [0.29, 0.717) is 22.3 Å². The van der Waals surface area contributed by atoms with Crippen molar-refractivity contribution in [3.05, 3.63) is 45.2 Å². The molecule has 1 unspecified atom stereocenters. The molecule has 1 atom stereocenters. The predicted octanol–water partition coefficient (Wildman–Crippen LogP) is 3.52. The standard InChI is InChI=1S/C18H20Cl2N4O.ClH/c1-11-10-21-7-8-23(11)18(25)17-13-3-2-4-15(13)24(22-17)16-6-5-12(19)9-14(16)20;/h5-6,9,11,21H,2-4,7-8,10H2,1H3;1H. The summed E-state index contributed by atoms with van der Waals surface area (Å²) in [5.74, 6) is 0.0241. The fraction of sp³-hybridized carbons (Fsp3) is 0.444. The summed E-state index contributed by atoms with van der Waals surface area (Å²) in [4.78, 5) is 15.0. The van der Waals surface area contributed by atoms with Crippen molar-refractivity contribution in [1.29, 1.82) is 0 Å². The average Bonchev–Trinajstić information content (AvgIpc) is 3.18. The second-order valence-corrected chi connectivity index (χ2v) is 7.53. The number of rotatable bonds is 2. The highest BCUT2D eigenvalue weighted by Crippen LogP contribution is 2.32. The molecule has 2 aliphatic rings. The summed E-state index contributed by atoms with van der Waals surface area (Å²) in [6.07, 6.45) is 2.84. The summed E-state index contributed by atoms with van der Waals surface area (Å²) in [6.45, 7) is 4.42. The van der Waals surface area contributed by atoms with Crippen LogP contribution in [-0.4, -0.2) is 46.3 Å². The third-order valence-electron chi connectivity index (χ3n) is 5.03. The van der Waals surface area contributed by atoms with Crippen molar-refractivity contribution in [1.82, 2.24) is 20.0 Å². The minimum Gasteiger partial charge on any atom is -0.332 e. The van der Waals surface area contributed by atoms with Gasteiger partial charge in [-0.3, -0.25) is 4.79 Å². The topological polar surface area (TPSA) is 50.2 Å². The van der Waals surface area contributed by atoms with Gasteiger partial charge in [-0.15, -0.1) is 12.4 Å². The zero-order valence-corrected chi connectivity index (χ0v) is 16.8. The van der Waals surface area contributed by atoms with Crippen LogP contribution in [0.15, 0.2) is 18.2 Å². The Hall–Kier alpha value is -1.27. The molecule has 4 rings (SSSR count). The van der Waals surface area contributed by atoms with E-state index < -0.39 is 0 Å². The number of benzene rings is 1. The molecule has 0 bridgehead atoms. The molecule has 2 aromatic rings. The van der Waals surface area contributed by atoms with Gasteiger partial charge in [0.1, 0.15) is 0 Å². The largest absolute Gasteiger partial charge is 0.332 e. The highest BCUT2D eigenvalue weighted by molar-refractivity contribution is 6.35. The van der Waals surface area contributed by atoms with Gasteiger partial charge in [-0.1, -0.05) is 23.2 Å². The van der Waals surface area contributed by atoms with Crippen molar-refractivity contribution in [2.45, 2.75) is 32.2 Å². The van der Waals surface area contributed by atoms with Gasteiger partial charge in [0, 0.05) is 42.0 Å². The Morgan fingerprint density at radius 2 is 2.12 bits per heavy atom. The number of carbonyl (C=O) groups is 1. The van der Waals surface area contributed by atoms with E-state index in [0.717, 1.165) is 49.3 Å². The summed E-state index contributed by atoms with van der Waals surface area (Å²) in [5, 5.41) is 9.12. The monoisotopic (exact) mass is 414 g/mol. The van der Waals surface area contributed by atoms with Crippen molar-refractivity contribution in [3.63, 3.8) is 0 Å². The molecular weight excluding hydrogens is 395 g/mol. The third-order valence-corrected chi connectivity index (χ3v) is 5.57. The van der Waals surface area contributed by atoms with E-state index in [2.05, 4.69) is 17.3 Å². The average molecular weight is 416 g/mol. The summed E-state index contributed by atoms with van der Waals surface area (Å²) in [6, 6.07) is 5.54. The van der Waals surface area contributed by atoms with Crippen molar-refractivity contribution < 1.29 is 4.79 Å². The van der Waals surface area contributed by atoms with E-state index in [9.17, 15) is 4.79 Å². The van der Waals surface area contributed by atoms with Crippen molar-refractivity contribution in [2.75, 3.05) is 19.6 Å². The second-order valence-electron chi connectivity index (χ2n) is 6.69. The Balaban J connectivity index is 0.00000196. The van der Waals surface area contributed by atoms with Crippen LogP contribution < -0.4 is 5.32 Å². The third kappa shape index (κ3) is 3.33. The molecule has 8 heteroatoms. The van der Waals surface area contributed by atoms with Gasteiger partial charge < -0.3 is 10.2 Å². The highest BCUT2D eigenvalue weighted by Gasteiger charge is 2.32. The Bertz CT molecular complexity index is 836. The molecule has 140 valence electrons. The van der Waals surface area contributed by atoms with Crippen LogP contribution in [0.25, 0.3) is 5.69 Å². The first-order valence-electron chi connectivity index (χ1n) is 8.64. The van der Waals surface area contributed by atoms with Gasteiger partial charge in [-0.05, 0) is 44.4 Å². The normalized spacial score (nSPS) is 19.2. The lowest BCUT2D eigenvalue weighted by Gasteiger charge is -2.33. The lowest BCUT2D eigenvalue weighted by molar-refractivity contribution is 0.0648. The summed E-state index contributed by atoms with van der Waals surface area (Å²) in [5.41, 5.74) is 3.51. The van der Waals surface area contributed by atoms with Crippen molar-refractivity contribution >= 4 is 41.5 Å². The van der Waals surface area contributed by atoms with E-state index in [4.69, 9.17) is 23.2 Å². The maximum atomic E-state index is 13.1. The van der Waals surface area contributed by atoms with Crippen LogP contribution in [0.5, 0.6) is 0 Å². The van der Waals surface area contributed by atoms with Gasteiger partial charge in [0.2, 0.25) is 0 Å².